The van der Waals surface area contributed by atoms with Gasteiger partial charge in [0.25, 0.3) is 0 Å². The van der Waals surface area contributed by atoms with Crippen LogP contribution in [0.25, 0.3) is 0 Å². The van der Waals surface area contributed by atoms with Gasteiger partial charge in [0, 0.05) is 24.3 Å². The minimum absolute atomic E-state index is 0.0690. The van der Waals surface area contributed by atoms with Crippen LogP contribution in [-0.4, -0.2) is 66.2 Å². The van der Waals surface area contributed by atoms with Crippen molar-refractivity contribution in [3.8, 4) is 0 Å². The molecule has 0 saturated carbocycles. The molecule has 0 radical (unpaired) electrons. The number of hydrogen-bond donors (Lipinski definition) is 5. The molecular weight excluding hydrogens is 512 g/mol. The van der Waals surface area contributed by atoms with Crippen LogP contribution in [0, 0.1) is 5.92 Å². The highest BCUT2D eigenvalue weighted by atomic mass is 16.4. The van der Waals surface area contributed by atoms with Crippen LogP contribution in [0.3, 0.4) is 0 Å². The second-order valence-corrected chi connectivity index (χ2v) is 9.63. The second-order valence-electron chi connectivity index (χ2n) is 9.63. The molecule has 3 rings (SSSR count). The van der Waals surface area contributed by atoms with Crippen molar-refractivity contribution in [3.05, 3.63) is 77.9 Å². The molecule has 40 heavy (non-hydrogen) atoms. The number of carboxylic acid groups (broad SMARTS) is 1. The van der Waals surface area contributed by atoms with Crippen molar-refractivity contribution in [2.24, 2.45) is 28.1 Å². The normalized spacial score (nSPS) is 17.6. The summed E-state index contributed by atoms with van der Waals surface area (Å²) in [5.41, 5.74) is 16.5. The maximum absolute atomic E-state index is 14.2. The Morgan fingerprint density at radius 1 is 1.10 bits per heavy atom. The van der Waals surface area contributed by atoms with Gasteiger partial charge in [-0.2, -0.15) is 0 Å². The Kier molecular flexibility index (Phi) is 10.3. The number of hydrogen-bond acceptors (Lipinski definition) is 7. The Bertz CT molecular complexity index is 1280. The molecule has 11 heteroatoms. The third-order valence-corrected chi connectivity index (χ3v) is 6.95. The van der Waals surface area contributed by atoms with Gasteiger partial charge in [-0.05, 0) is 44.0 Å². The minimum Gasteiger partial charge on any atom is -0.481 e. The molecule has 0 bridgehead atoms. The summed E-state index contributed by atoms with van der Waals surface area (Å²) in [6.45, 7) is 0.385. The first-order valence-corrected chi connectivity index (χ1v) is 13.0. The Labute approximate surface area is 233 Å². The maximum Gasteiger partial charge on any atom is 0.304 e. The van der Waals surface area contributed by atoms with Crippen LogP contribution in [0.4, 0.5) is 5.69 Å². The molecule has 1 heterocycles. The van der Waals surface area contributed by atoms with Crippen molar-refractivity contribution in [1.29, 1.82) is 0 Å². The van der Waals surface area contributed by atoms with Gasteiger partial charge in [-0.1, -0.05) is 54.6 Å². The van der Waals surface area contributed by atoms with Crippen LogP contribution in [-0.2, 0) is 14.4 Å². The van der Waals surface area contributed by atoms with Gasteiger partial charge >= 0.3 is 5.97 Å². The first kappa shape index (κ1) is 30.2. The summed E-state index contributed by atoms with van der Waals surface area (Å²) in [6, 6.07) is 16.2. The molecule has 8 N–H and O–H groups in total. The van der Waals surface area contributed by atoms with E-state index in [2.05, 4.69) is 10.3 Å². The molecule has 2 unspecified atom stereocenters. The number of guanidine groups is 1. The summed E-state index contributed by atoms with van der Waals surface area (Å²) in [4.78, 5) is 58.9. The van der Waals surface area contributed by atoms with Gasteiger partial charge in [0.05, 0.1) is 18.4 Å². The molecule has 0 aliphatic carbocycles. The first-order chi connectivity index (χ1) is 19.1. The average molecular weight is 549 g/mol. The number of nitrogens with one attached hydrogen (secondary N) is 1. The number of aliphatic imine (C=N–C) groups is 1. The van der Waals surface area contributed by atoms with Gasteiger partial charge in [-0.15, -0.1) is 0 Å². The molecule has 0 aromatic heterocycles. The summed E-state index contributed by atoms with van der Waals surface area (Å²) < 4.78 is 0. The Hall–Kier alpha value is -4.35. The van der Waals surface area contributed by atoms with E-state index < -0.39 is 47.4 Å². The average Bonchev–Trinajstić information content (AvgIpc) is 3.11. The third kappa shape index (κ3) is 6.99. The molecular formula is C29H36N6O5. The minimum atomic E-state index is -2.16. The number of carbonyl (C=O) groups excluding carboxylic acids is 3. The molecule has 1 aliphatic heterocycles. The summed E-state index contributed by atoms with van der Waals surface area (Å²) in [7, 11) is 1.59. The summed E-state index contributed by atoms with van der Waals surface area (Å²) in [5.74, 6) is -4.07. The fourth-order valence-electron chi connectivity index (χ4n) is 4.89. The number of likely N-dealkylation sites (N-methyl/N-ethyl adjacent to an activating group) is 1. The topological polar surface area (TPSA) is 194 Å². The van der Waals surface area contributed by atoms with Crippen molar-refractivity contribution in [1.82, 2.24) is 5.32 Å². The van der Waals surface area contributed by atoms with Gasteiger partial charge < -0.3 is 32.5 Å². The van der Waals surface area contributed by atoms with E-state index in [0.717, 1.165) is 0 Å². The molecule has 2 aromatic rings. The van der Waals surface area contributed by atoms with E-state index in [9.17, 15) is 24.3 Å². The smallest absolute Gasteiger partial charge is 0.304 e. The van der Waals surface area contributed by atoms with Crippen LogP contribution in [0.1, 0.15) is 36.0 Å². The van der Waals surface area contributed by atoms with E-state index in [0.29, 0.717) is 12.1 Å². The zero-order valence-corrected chi connectivity index (χ0v) is 22.5. The van der Waals surface area contributed by atoms with Gasteiger partial charge in [-0.3, -0.25) is 24.2 Å². The molecule has 11 nitrogen and oxygen atoms in total. The lowest BCUT2D eigenvalue weighted by molar-refractivity contribution is -0.139. The number of carboxylic acids is 1. The molecule has 1 amide bonds. The molecule has 0 saturated heterocycles. The van der Waals surface area contributed by atoms with E-state index in [1.54, 1.807) is 67.7 Å². The molecule has 0 fully saturated rings. The van der Waals surface area contributed by atoms with E-state index in [1.807, 2.05) is 0 Å². The third-order valence-electron chi connectivity index (χ3n) is 6.95. The maximum atomic E-state index is 14.2. The molecule has 3 atom stereocenters. The highest BCUT2D eigenvalue weighted by Crippen LogP contribution is 2.32. The van der Waals surface area contributed by atoms with Crippen LogP contribution in [0.15, 0.2) is 77.3 Å². The zero-order chi connectivity index (χ0) is 29.3. The highest BCUT2D eigenvalue weighted by Gasteiger charge is 2.49. The van der Waals surface area contributed by atoms with Crippen molar-refractivity contribution in [3.63, 3.8) is 0 Å². The predicted octanol–water partition coefficient (Wildman–Crippen LogP) is 1.23. The fraction of sp³-hybridized carbons (Fsp3) is 0.345. The first-order valence-electron chi connectivity index (χ1n) is 13.0. The van der Waals surface area contributed by atoms with Gasteiger partial charge in [0.1, 0.15) is 0 Å². The lowest BCUT2D eigenvalue weighted by atomic mass is 9.74. The summed E-state index contributed by atoms with van der Waals surface area (Å²) >= 11 is 0. The lowest BCUT2D eigenvalue weighted by Gasteiger charge is -2.33. The lowest BCUT2D eigenvalue weighted by Crippen LogP contribution is -2.62. The highest BCUT2D eigenvalue weighted by molar-refractivity contribution is 6.22. The standard InChI is InChI=1S/C29H36N6O5/c1-33-23(13-8-15-34-28(30)31)26(39)29(32,25(38)19-9-4-2-5-10-19)21-14-16-35(22-11-6-3-7-12-22)27(40)20(17-21)18-24(36)37/h2-7,9-12,17,20,23,33H,8,13-16,18,32H2,1H3,(H,36,37)(H4,30,31,34)/t20?,23-,29?/m0/s1. The molecule has 1 aliphatic rings. The van der Waals surface area contributed by atoms with Gasteiger partial charge in [0.15, 0.2) is 23.1 Å². The number of carbonyl (C=O) groups is 4. The fourth-order valence-corrected chi connectivity index (χ4v) is 4.89. The Morgan fingerprint density at radius 2 is 1.73 bits per heavy atom. The van der Waals surface area contributed by atoms with Crippen molar-refractivity contribution in [2.75, 3.05) is 25.0 Å². The Balaban J connectivity index is 2.09. The zero-order valence-electron chi connectivity index (χ0n) is 22.5. The number of rotatable bonds is 13. The number of nitrogens with zero attached hydrogens (tertiary/aromatic N) is 2. The van der Waals surface area contributed by atoms with Crippen LogP contribution in [0.2, 0.25) is 0 Å². The van der Waals surface area contributed by atoms with Crippen molar-refractivity contribution >= 4 is 35.1 Å². The summed E-state index contributed by atoms with van der Waals surface area (Å²) in [6.07, 6.45) is 1.69. The van der Waals surface area contributed by atoms with Crippen molar-refractivity contribution in [2.45, 2.75) is 37.3 Å². The summed E-state index contributed by atoms with van der Waals surface area (Å²) in [5, 5.41) is 12.6. The molecule has 2 aromatic carbocycles. The number of ketones is 2. The predicted molar refractivity (Wildman–Crippen MR) is 153 cm³/mol. The SMILES string of the molecule is CN[C@@H](CCCN=C(N)N)C(=O)C(N)(C(=O)c1ccccc1)C1=CC(CC(=O)O)C(=O)N(c2ccccc2)CC1. The monoisotopic (exact) mass is 548 g/mol. The van der Waals surface area contributed by atoms with E-state index in [1.165, 1.54) is 11.0 Å². The number of benzene rings is 2. The van der Waals surface area contributed by atoms with Crippen LogP contribution < -0.4 is 27.4 Å². The van der Waals surface area contributed by atoms with E-state index in [-0.39, 0.29) is 43.0 Å². The largest absolute Gasteiger partial charge is 0.481 e. The molecule has 0 spiro atoms. The number of nitrogens with two attached hydrogens (primary N) is 3. The number of amides is 1. The second kappa shape index (κ2) is 13.6. The number of para-hydroxylation sites is 1. The van der Waals surface area contributed by atoms with E-state index >= 15 is 0 Å². The molecule has 212 valence electrons. The number of anilines is 1. The number of aliphatic carboxylic acids is 1. The van der Waals surface area contributed by atoms with E-state index in [4.69, 9.17) is 17.2 Å². The van der Waals surface area contributed by atoms with Crippen molar-refractivity contribution < 1.29 is 24.3 Å². The van der Waals surface area contributed by atoms with Gasteiger partial charge in [0.2, 0.25) is 5.91 Å². The van der Waals surface area contributed by atoms with Gasteiger partial charge in [-0.25, -0.2) is 0 Å². The Morgan fingerprint density at radius 3 is 2.30 bits per heavy atom. The van der Waals surface area contributed by atoms with Crippen LogP contribution >= 0.6 is 0 Å². The number of Topliss-reactive ketones (excluding diaryl/α,β-unsaturated/α-hetero) is 2. The van der Waals surface area contributed by atoms with Crippen LogP contribution in [0.5, 0.6) is 0 Å². The quantitative estimate of drug-likeness (QED) is 0.0611.